The summed E-state index contributed by atoms with van der Waals surface area (Å²) in [6, 6.07) is 6.36. The number of carbonyl (C=O) groups is 1. The van der Waals surface area contributed by atoms with Crippen LogP contribution in [0, 0.1) is 5.82 Å². The van der Waals surface area contributed by atoms with Crippen molar-refractivity contribution in [2.24, 2.45) is 0 Å². The number of halogens is 1. The number of nitrogens with one attached hydrogen (secondary N) is 1. The van der Waals surface area contributed by atoms with Gasteiger partial charge in [0.15, 0.2) is 0 Å². The molecule has 0 saturated carbocycles. The van der Waals surface area contributed by atoms with E-state index < -0.39 is 17.3 Å². The molecule has 0 bridgehead atoms. The molecule has 1 unspecified atom stereocenters. The lowest BCUT2D eigenvalue weighted by Crippen LogP contribution is -2.53. The van der Waals surface area contributed by atoms with Crippen LogP contribution in [0.25, 0.3) is 0 Å². The molecular weight excluding hydrogens is 245 g/mol. The van der Waals surface area contributed by atoms with Gasteiger partial charge in [-0.05, 0) is 33.3 Å². The number of rotatable bonds is 6. The number of hydrogen-bond donors (Lipinski definition) is 1. The van der Waals surface area contributed by atoms with Crippen LogP contribution in [0.5, 0.6) is 0 Å². The van der Waals surface area contributed by atoms with Gasteiger partial charge in [-0.3, -0.25) is 5.32 Å². The Kier molecular flexibility index (Phi) is 5.48. The highest BCUT2D eigenvalue weighted by Crippen LogP contribution is 2.29. The van der Waals surface area contributed by atoms with Crippen LogP contribution in [-0.4, -0.2) is 18.6 Å². The zero-order chi connectivity index (χ0) is 14.5. The van der Waals surface area contributed by atoms with E-state index in [1.165, 1.54) is 6.07 Å². The highest BCUT2D eigenvalue weighted by Gasteiger charge is 2.42. The first-order valence-electron chi connectivity index (χ1n) is 6.67. The van der Waals surface area contributed by atoms with Crippen LogP contribution in [0.3, 0.4) is 0 Å². The van der Waals surface area contributed by atoms with Crippen molar-refractivity contribution in [2.45, 2.75) is 45.7 Å². The van der Waals surface area contributed by atoms with Gasteiger partial charge in [0.2, 0.25) is 0 Å². The van der Waals surface area contributed by atoms with E-state index in [1.54, 1.807) is 25.1 Å². The van der Waals surface area contributed by atoms with Crippen molar-refractivity contribution in [1.82, 2.24) is 5.32 Å². The zero-order valence-electron chi connectivity index (χ0n) is 12.0. The Bertz CT molecular complexity index is 434. The van der Waals surface area contributed by atoms with Gasteiger partial charge in [0.1, 0.15) is 11.4 Å². The summed E-state index contributed by atoms with van der Waals surface area (Å²) in [4.78, 5) is 12.3. The van der Waals surface area contributed by atoms with Crippen molar-refractivity contribution in [3.63, 3.8) is 0 Å². The molecule has 106 valence electrons. The van der Waals surface area contributed by atoms with Crippen LogP contribution in [0.2, 0.25) is 0 Å². The molecule has 0 fully saturated rings. The van der Waals surface area contributed by atoms with Crippen molar-refractivity contribution >= 4 is 5.97 Å². The molecule has 0 radical (unpaired) electrons. The Hall–Kier alpha value is -1.42. The number of ether oxygens (including phenoxy) is 1. The summed E-state index contributed by atoms with van der Waals surface area (Å²) in [5.74, 6) is -0.832. The van der Waals surface area contributed by atoms with Gasteiger partial charge >= 0.3 is 5.97 Å². The highest BCUT2D eigenvalue weighted by atomic mass is 19.1. The molecule has 1 N–H and O–H groups in total. The SMILES string of the molecule is CCOC(=O)C(CC)(NC(C)C)c1ccccc1F. The molecule has 1 rings (SSSR count). The Morgan fingerprint density at radius 3 is 2.47 bits per heavy atom. The summed E-state index contributed by atoms with van der Waals surface area (Å²) in [5.41, 5.74) is -0.792. The van der Waals surface area contributed by atoms with E-state index in [1.807, 2.05) is 20.8 Å². The van der Waals surface area contributed by atoms with E-state index in [4.69, 9.17) is 4.74 Å². The van der Waals surface area contributed by atoms with Gasteiger partial charge in [-0.2, -0.15) is 0 Å². The van der Waals surface area contributed by atoms with E-state index in [-0.39, 0.29) is 12.6 Å². The van der Waals surface area contributed by atoms with Crippen LogP contribution >= 0.6 is 0 Å². The van der Waals surface area contributed by atoms with E-state index >= 15 is 0 Å². The number of hydrogen-bond acceptors (Lipinski definition) is 3. The Balaban J connectivity index is 3.31. The quantitative estimate of drug-likeness (QED) is 0.805. The molecule has 1 aromatic rings. The Labute approximate surface area is 114 Å². The van der Waals surface area contributed by atoms with E-state index in [0.717, 1.165) is 0 Å². The van der Waals surface area contributed by atoms with Crippen LogP contribution < -0.4 is 5.32 Å². The van der Waals surface area contributed by atoms with Crippen molar-refractivity contribution < 1.29 is 13.9 Å². The molecule has 0 amide bonds. The van der Waals surface area contributed by atoms with Gasteiger partial charge in [0, 0.05) is 11.6 Å². The predicted molar refractivity (Wildman–Crippen MR) is 73.3 cm³/mol. The lowest BCUT2D eigenvalue weighted by Gasteiger charge is -2.34. The van der Waals surface area contributed by atoms with Crippen LogP contribution in [0.1, 0.15) is 39.7 Å². The molecule has 4 heteroatoms. The molecule has 0 saturated heterocycles. The maximum absolute atomic E-state index is 14.1. The fraction of sp³-hybridized carbons (Fsp3) is 0.533. The second kappa shape index (κ2) is 6.66. The summed E-state index contributed by atoms with van der Waals surface area (Å²) < 4.78 is 19.2. The molecule has 3 nitrogen and oxygen atoms in total. The zero-order valence-corrected chi connectivity index (χ0v) is 12.0. The third-order valence-electron chi connectivity index (χ3n) is 3.02. The van der Waals surface area contributed by atoms with Crippen molar-refractivity contribution in [3.8, 4) is 0 Å². The molecule has 0 heterocycles. The largest absolute Gasteiger partial charge is 0.464 e. The minimum absolute atomic E-state index is 0.0314. The molecule has 1 aromatic carbocycles. The fourth-order valence-electron chi connectivity index (χ4n) is 2.24. The molecular formula is C15H22FNO2. The highest BCUT2D eigenvalue weighted by molar-refractivity contribution is 5.82. The van der Waals surface area contributed by atoms with Gasteiger partial charge in [0.05, 0.1) is 6.61 Å². The second-order valence-electron chi connectivity index (χ2n) is 4.76. The number of carbonyl (C=O) groups excluding carboxylic acids is 1. The molecule has 0 aliphatic carbocycles. The van der Waals surface area contributed by atoms with E-state index in [2.05, 4.69) is 5.32 Å². The monoisotopic (exact) mass is 267 g/mol. The summed E-state index contributed by atoms with van der Waals surface area (Å²) >= 11 is 0. The Morgan fingerprint density at radius 1 is 1.37 bits per heavy atom. The fourth-order valence-corrected chi connectivity index (χ4v) is 2.24. The number of benzene rings is 1. The second-order valence-corrected chi connectivity index (χ2v) is 4.76. The lowest BCUT2D eigenvalue weighted by molar-refractivity contribution is -0.152. The smallest absolute Gasteiger partial charge is 0.331 e. The maximum Gasteiger partial charge on any atom is 0.331 e. The van der Waals surface area contributed by atoms with Crippen LogP contribution in [-0.2, 0) is 15.1 Å². The number of esters is 1. The standard InChI is InChI=1S/C15H22FNO2/c1-5-15(17-11(3)4,14(18)19-6-2)12-9-7-8-10-13(12)16/h7-11,17H,5-6H2,1-4H3. The molecule has 1 atom stereocenters. The molecule has 0 aromatic heterocycles. The average Bonchev–Trinajstić information content (AvgIpc) is 2.36. The first-order chi connectivity index (χ1) is 8.97. The maximum atomic E-state index is 14.1. The molecule has 0 spiro atoms. The van der Waals surface area contributed by atoms with Gasteiger partial charge in [-0.15, -0.1) is 0 Å². The van der Waals surface area contributed by atoms with E-state index in [9.17, 15) is 9.18 Å². The summed E-state index contributed by atoms with van der Waals surface area (Å²) in [6.07, 6.45) is 0.422. The summed E-state index contributed by atoms with van der Waals surface area (Å²) in [7, 11) is 0. The normalized spacial score (nSPS) is 14.2. The third kappa shape index (κ3) is 3.32. The first-order valence-corrected chi connectivity index (χ1v) is 6.67. The van der Waals surface area contributed by atoms with Gasteiger partial charge in [-0.1, -0.05) is 25.1 Å². The average molecular weight is 267 g/mol. The minimum atomic E-state index is -1.13. The molecule has 0 aliphatic heterocycles. The first kappa shape index (κ1) is 15.6. The Morgan fingerprint density at radius 2 is 2.00 bits per heavy atom. The van der Waals surface area contributed by atoms with Gasteiger partial charge in [0.25, 0.3) is 0 Å². The summed E-state index contributed by atoms with van der Waals surface area (Å²) in [6.45, 7) is 7.71. The van der Waals surface area contributed by atoms with E-state index in [0.29, 0.717) is 12.0 Å². The van der Waals surface area contributed by atoms with Crippen molar-refractivity contribution in [2.75, 3.05) is 6.61 Å². The lowest BCUT2D eigenvalue weighted by atomic mass is 9.86. The minimum Gasteiger partial charge on any atom is -0.464 e. The van der Waals surface area contributed by atoms with Gasteiger partial charge in [-0.25, -0.2) is 9.18 Å². The predicted octanol–water partition coefficient (Wildman–Crippen LogP) is 2.99. The van der Waals surface area contributed by atoms with Crippen molar-refractivity contribution in [3.05, 3.63) is 35.6 Å². The van der Waals surface area contributed by atoms with Gasteiger partial charge < -0.3 is 4.74 Å². The molecule has 0 aliphatic rings. The molecule has 19 heavy (non-hydrogen) atoms. The summed E-state index contributed by atoms with van der Waals surface area (Å²) in [5, 5.41) is 3.17. The third-order valence-corrected chi connectivity index (χ3v) is 3.02. The topological polar surface area (TPSA) is 38.3 Å². The van der Waals surface area contributed by atoms with Crippen molar-refractivity contribution in [1.29, 1.82) is 0 Å². The van der Waals surface area contributed by atoms with Crippen LogP contribution in [0.4, 0.5) is 4.39 Å². The van der Waals surface area contributed by atoms with Crippen LogP contribution in [0.15, 0.2) is 24.3 Å².